The van der Waals surface area contributed by atoms with Crippen molar-refractivity contribution in [1.82, 2.24) is 19.1 Å². The van der Waals surface area contributed by atoms with E-state index < -0.39 is 17.2 Å². The van der Waals surface area contributed by atoms with Crippen molar-refractivity contribution >= 4 is 45.8 Å². The molecule has 0 aliphatic carbocycles. The van der Waals surface area contributed by atoms with Crippen molar-refractivity contribution in [3.8, 4) is 0 Å². The van der Waals surface area contributed by atoms with Gasteiger partial charge in [0.2, 0.25) is 5.91 Å². The number of hydrogen-bond donors (Lipinski definition) is 1. The maximum Gasteiger partial charge on any atom is 0.332 e. The molecule has 1 amide bonds. The van der Waals surface area contributed by atoms with Gasteiger partial charge in [-0.3, -0.25) is 23.7 Å². The number of anilines is 1. The summed E-state index contributed by atoms with van der Waals surface area (Å²) in [6, 6.07) is 11.4. The summed E-state index contributed by atoms with van der Waals surface area (Å²) in [5.41, 5.74) is 0.0470. The molecule has 3 aromatic heterocycles. The van der Waals surface area contributed by atoms with Crippen LogP contribution in [0.5, 0.6) is 0 Å². The van der Waals surface area contributed by atoms with Crippen molar-refractivity contribution in [3.63, 3.8) is 0 Å². The fourth-order valence-electron chi connectivity index (χ4n) is 3.15. The molecule has 0 spiro atoms. The number of amides is 1. The molecule has 0 saturated heterocycles. The predicted octanol–water partition coefficient (Wildman–Crippen LogP) is 2.95. The zero-order chi connectivity index (χ0) is 22.0. The third-order valence-electron chi connectivity index (χ3n) is 4.58. The first-order chi connectivity index (χ1) is 15.0. The molecule has 4 aromatic rings. The van der Waals surface area contributed by atoms with E-state index in [-0.39, 0.29) is 39.9 Å². The summed E-state index contributed by atoms with van der Waals surface area (Å²) >= 11 is 12.2. The molecule has 0 radical (unpaired) electrons. The van der Waals surface area contributed by atoms with Crippen LogP contribution >= 0.6 is 23.2 Å². The number of benzene rings is 1. The van der Waals surface area contributed by atoms with Crippen LogP contribution in [0.4, 0.5) is 5.69 Å². The quantitative estimate of drug-likeness (QED) is 0.498. The zero-order valence-corrected chi connectivity index (χ0v) is 17.5. The zero-order valence-electron chi connectivity index (χ0n) is 16.0. The molecule has 31 heavy (non-hydrogen) atoms. The number of para-hydroxylation sites is 1. The van der Waals surface area contributed by atoms with Gasteiger partial charge in [0.05, 0.1) is 27.8 Å². The number of aromatic nitrogens is 4. The number of rotatable bonds is 5. The molecular formula is C21H15Cl2N5O3. The van der Waals surface area contributed by atoms with E-state index in [2.05, 4.69) is 15.3 Å². The van der Waals surface area contributed by atoms with Gasteiger partial charge < -0.3 is 5.32 Å². The van der Waals surface area contributed by atoms with Crippen LogP contribution < -0.4 is 16.6 Å². The van der Waals surface area contributed by atoms with E-state index in [1.165, 1.54) is 10.8 Å². The summed E-state index contributed by atoms with van der Waals surface area (Å²) < 4.78 is 2.22. The molecular weight excluding hydrogens is 441 g/mol. The largest absolute Gasteiger partial charge is 0.332 e. The van der Waals surface area contributed by atoms with Crippen LogP contribution in [-0.4, -0.2) is 25.0 Å². The third-order valence-corrected chi connectivity index (χ3v) is 5.21. The molecule has 8 nitrogen and oxygen atoms in total. The molecule has 1 aromatic carbocycles. The molecule has 156 valence electrons. The monoisotopic (exact) mass is 455 g/mol. The number of nitrogens with one attached hydrogen (secondary N) is 1. The number of fused-ring (bicyclic) bond motifs is 1. The molecule has 1 N–H and O–H groups in total. The van der Waals surface area contributed by atoms with Gasteiger partial charge in [0.25, 0.3) is 5.56 Å². The van der Waals surface area contributed by atoms with E-state index in [4.69, 9.17) is 23.2 Å². The summed E-state index contributed by atoms with van der Waals surface area (Å²) in [4.78, 5) is 46.9. The minimum atomic E-state index is -0.644. The van der Waals surface area contributed by atoms with Gasteiger partial charge in [-0.2, -0.15) is 0 Å². The van der Waals surface area contributed by atoms with E-state index in [0.717, 1.165) is 4.57 Å². The normalized spacial score (nSPS) is 10.9. The molecule has 0 atom stereocenters. The van der Waals surface area contributed by atoms with Crippen molar-refractivity contribution in [2.75, 3.05) is 5.32 Å². The summed E-state index contributed by atoms with van der Waals surface area (Å²) in [6.07, 6.45) is 4.61. The molecule has 0 aliphatic heterocycles. The van der Waals surface area contributed by atoms with Gasteiger partial charge in [-0.25, -0.2) is 9.78 Å². The Balaban J connectivity index is 1.77. The lowest BCUT2D eigenvalue weighted by atomic mass is 10.2. The Morgan fingerprint density at radius 3 is 2.42 bits per heavy atom. The van der Waals surface area contributed by atoms with Gasteiger partial charge in [-0.1, -0.05) is 35.3 Å². The minimum absolute atomic E-state index is 0.00399. The lowest BCUT2D eigenvalue weighted by molar-refractivity contribution is -0.116. The van der Waals surface area contributed by atoms with E-state index in [9.17, 15) is 14.4 Å². The first kappa shape index (κ1) is 20.8. The molecule has 0 bridgehead atoms. The first-order valence-corrected chi connectivity index (χ1v) is 9.92. The minimum Gasteiger partial charge on any atom is -0.322 e. The van der Waals surface area contributed by atoms with Gasteiger partial charge in [0.15, 0.2) is 5.52 Å². The van der Waals surface area contributed by atoms with Gasteiger partial charge in [0.1, 0.15) is 6.54 Å². The van der Waals surface area contributed by atoms with Crippen LogP contribution in [0.2, 0.25) is 10.0 Å². The third kappa shape index (κ3) is 4.21. The first-order valence-electron chi connectivity index (χ1n) is 9.17. The van der Waals surface area contributed by atoms with Crippen LogP contribution in [0.25, 0.3) is 11.0 Å². The number of pyridine rings is 2. The highest BCUT2D eigenvalue weighted by Gasteiger charge is 2.17. The molecule has 3 heterocycles. The average molecular weight is 456 g/mol. The second-order valence-electron chi connectivity index (χ2n) is 6.64. The van der Waals surface area contributed by atoms with E-state index in [1.54, 1.807) is 54.9 Å². The molecule has 0 unspecified atom stereocenters. The predicted molar refractivity (Wildman–Crippen MR) is 119 cm³/mol. The second-order valence-corrected chi connectivity index (χ2v) is 7.45. The molecule has 0 aliphatic rings. The smallest absolute Gasteiger partial charge is 0.322 e. The summed E-state index contributed by atoms with van der Waals surface area (Å²) in [5.74, 6) is -0.533. The highest BCUT2D eigenvalue weighted by Crippen LogP contribution is 2.29. The average Bonchev–Trinajstić information content (AvgIpc) is 2.77. The van der Waals surface area contributed by atoms with Gasteiger partial charge in [0, 0.05) is 18.6 Å². The standard InChI is InChI=1S/C21H15Cl2N5O3/c22-14-5-1-6-15(23)18(14)26-17(29)12-27-16-7-3-9-25-19(16)20(30)28(21(27)31)11-13-4-2-8-24-10-13/h1-10H,11-12H2,(H,26,29). The topological polar surface area (TPSA) is 98.9 Å². The fourth-order valence-corrected chi connectivity index (χ4v) is 3.64. The summed E-state index contributed by atoms with van der Waals surface area (Å²) in [6.45, 7) is -0.369. The number of nitrogens with zero attached hydrogens (tertiary/aromatic N) is 4. The number of carbonyl (C=O) groups is 1. The summed E-state index contributed by atoms with van der Waals surface area (Å²) in [5, 5.41) is 3.15. The highest BCUT2D eigenvalue weighted by atomic mass is 35.5. The van der Waals surface area contributed by atoms with Crippen LogP contribution in [0.15, 0.2) is 70.6 Å². The van der Waals surface area contributed by atoms with Crippen molar-refractivity contribution in [2.45, 2.75) is 13.1 Å². The fraction of sp³-hybridized carbons (Fsp3) is 0.0952. The molecule has 0 fully saturated rings. The Hall–Kier alpha value is -3.49. The summed E-state index contributed by atoms with van der Waals surface area (Å²) in [7, 11) is 0. The Labute approximate surface area is 185 Å². The molecule has 4 rings (SSSR count). The Morgan fingerprint density at radius 2 is 1.71 bits per heavy atom. The van der Waals surface area contributed by atoms with Crippen molar-refractivity contribution in [2.24, 2.45) is 0 Å². The van der Waals surface area contributed by atoms with E-state index in [0.29, 0.717) is 5.56 Å². The molecule has 10 heteroatoms. The van der Waals surface area contributed by atoms with Crippen LogP contribution in [0, 0.1) is 0 Å². The van der Waals surface area contributed by atoms with Crippen LogP contribution in [-0.2, 0) is 17.9 Å². The Morgan fingerprint density at radius 1 is 0.968 bits per heavy atom. The second kappa shape index (κ2) is 8.71. The Kier molecular flexibility index (Phi) is 5.83. The maximum absolute atomic E-state index is 13.2. The van der Waals surface area contributed by atoms with Gasteiger partial charge in [-0.05, 0) is 35.9 Å². The number of carbonyl (C=O) groups excluding carboxylic acids is 1. The lowest BCUT2D eigenvalue weighted by Gasteiger charge is -2.14. The van der Waals surface area contributed by atoms with Crippen molar-refractivity contribution in [1.29, 1.82) is 0 Å². The van der Waals surface area contributed by atoms with Gasteiger partial charge in [-0.15, -0.1) is 0 Å². The van der Waals surface area contributed by atoms with Crippen molar-refractivity contribution in [3.05, 3.63) is 97.5 Å². The Bertz CT molecular complexity index is 1380. The van der Waals surface area contributed by atoms with E-state index >= 15 is 0 Å². The number of halogens is 2. The van der Waals surface area contributed by atoms with E-state index in [1.807, 2.05) is 0 Å². The maximum atomic E-state index is 13.2. The SMILES string of the molecule is O=C(Cn1c(=O)n(Cc2cccnc2)c(=O)c2ncccc21)Nc1c(Cl)cccc1Cl. The number of hydrogen-bond acceptors (Lipinski definition) is 5. The van der Waals surface area contributed by atoms with Crippen molar-refractivity contribution < 1.29 is 4.79 Å². The molecule has 0 saturated carbocycles. The van der Waals surface area contributed by atoms with Crippen LogP contribution in [0.1, 0.15) is 5.56 Å². The highest BCUT2D eigenvalue weighted by molar-refractivity contribution is 6.39. The van der Waals surface area contributed by atoms with Crippen LogP contribution in [0.3, 0.4) is 0 Å². The van der Waals surface area contributed by atoms with Gasteiger partial charge >= 0.3 is 5.69 Å². The lowest BCUT2D eigenvalue weighted by Crippen LogP contribution is -2.42.